The summed E-state index contributed by atoms with van der Waals surface area (Å²) in [5.41, 5.74) is 9.97. The van der Waals surface area contributed by atoms with Crippen LogP contribution in [0.2, 0.25) is 0 Å². The maximum Gasteiger partial charge on any atom is 0.324 e. The molecule has 0 unspecified atom stereocenters. The van der Waals surface area contributed by atoms with Gasteiger partial charge >= 0.3 is 12.0 Å². The number of hydrogen-bond donors (Lipinski definition) is 2. The van der Waals surface area contributed by atoms with Crippen LogP contribution in [-0.4, -0.2) is 131 Å². The molecule has 4 aromatic rings. The molecule has 5 amide bonds. The summed E-state index contributed by atoms with van der Waals surface area (Å²) in [4.78, 5) is 80.2. The number of nitrogens with zero attached hydrogens (tertiary/aromatic N) is 6. The van der Waals surface area contributed by atoms with Crippen LogP contribution in [0, 0.1) is 16.7 Å². The molecule has 8 rings (SSSR count). The number of halogens is 1. The largest absolute Gasteiger partial charge is 0.464 e. The van der Waals surface area contributed by atoms with Crippen LogP contribution in [0.25, 0.3) is 33.3 Å². The van der Waals surface area contributed by atoms with Gasteiger partial charge < -0.3 is 34.1 Å². The predicted octanol–water partition coefficient (Wildman–Crippen LogP) is 7.79. The fourth-order valence-corrected chi connectivity index (χ4v) is 11.6. The number of carbonyl (C=O) groups excluding carboxylic acids is 5. The van der Waals surface area contributed by atoms with Crippen molar-refractivity contribution in [3.05, 3.63) is 89.8 Å². The van der Waals surface area contributed by atoms with Crippen LogP contribution in [0.4, 0.5) is 9.18 Å². The molecule has 15 nitrogen and oxygen atoms in total. The van der Waals surface area contributed by atoms with Gasteiger partial charge in [0.05, 0.1) is 24.1 Å². The minimum absolute atomic E-state index is 0.000274. The van der Waals surface area contributed by atoms with Crippen LogP contribution in [-0.2, 0) is 54.7 Å². The molecule has 2 N–H and O–H groups in total. The Morgan fingerprint density at radius 3 is 2.44 bits per heavy atom. The molecule has 0 radical (unpaired) electrons. The molecule has 16 heteroatoms. The summed E-state index contributed by atoms with van der Waals surface area (Å²) in [5, 5.41) is 5.45. The molecular weight excluding hydrogens is 916 g/mol. The zero-order chi connectivity index (χ0) is 51.6. The number of hydrogen-bond acceptors (Lipinski definition) is 9. The van der Waals surface area contributed by atoms with Gasteiger partial charge in [-0.2, -0.15) is 0 Å². The molecule has 3 saturated heterocycles. The third-order valence-corrected chi connectivity index (χ3v) is 15.5. The number of ether oxygens (including phenoxy) is 2. The second-order valence-electron chi connectivity index (χ2n) is 21.6. The molecule has 1 spiro atoms. The van der Waals surface area contributed by atoms with Crippen molar-refractivity contribution >= 4 is 40.6 Å². The first-order valence-electron chi connectivity index (χ1n) is 25.7. The molecule has 4 aliphatic rings. The number of nitrogens with one attached hydrogen (secondary N) is 2. The minimum atomic E-state index is -1.16. The van der Waals surface area contributed by atoms with E-state index in [1.165, 1.54) is 16.0 Å². The molecule has 3 fully saturated rings. The summed E-state index contributed by atoms with van der Waals surface area (Å²) < 4.78 is 29.3. The maximum absolute atomic E-state index is 15.0. The molecule has 0 aliphatic carbocycles. The van der Waals surface area contributed by atoms with Crippen molar-refractivity contribution in [2.45, 2.75) is 124 Å². The van der Waals surface area contributed by atoms with E-state index in [9.17, 15) is 24.0 Å². The molecule has 72 heavy (non-hydrogen) atoms. The van der Waals surface area contributed by atoms with Crippen LogP contribution in [0.5, 0.6) is 0 Å². The number of likely N-dealkylation sites (N-methyl/N-ethyl adjacent to an activating group) is 1. The third kappa shape index (κ3) is 10.7. The smallest absolute Gasteiger partial charge is 0.324 e. The van der Waals surface area contributed by atoms with E-state index in [1.54, 1.807) is 31.3 Å². The number of alkyl halides is 1. The number of esters is 1. The van der Waals surface area contributed by atoms with Gasteiger partial charge in [0.15, 0.2) is 0 Å². The van der Waals surface area contributed by atoms with Crippen molar-refractivity contribution in [3.63, 3.8) is 0 Å². The molecule has 386 valence electrons. The summed E-state index contributed by atoms with van der Waals surface area (Å²) in [6.07, 6.45) is 6.64. The van der Waals surface area contributed by atoms with Crippen LogP contribution >= 0.6 is 0 Å². The first-order valence-corrected chi connectivity index (χ1v) is 25.7. The van der Waals surface area contributed by atoms with Crippen molar-refractivity contribution < 1.29 is 37.8 Å². The van der Waals surface area contributed by atoms with Gasteiger partial charge in [-0.05, 0) is 128 Å². The van der Waals surface area contributed by atoms with Crippen molar-refractivity contribution in [1.82, 2.24) is 40.0 Å². The van der Waals surface area contributed by atoms with Crippen molar-refractivity contribution in [3.8, 4) is 22.4 Å². The summed E-state index contributed by atoms with van der Waals surface area (Å²) in [7, 11) is 3.30. The molecule has 6 bridgehead atoms. The van der Waals surface area contributed by atoms with Crippen LogP contribution in [0.15, 0.2) is 67.4 Å². The number of urea groups is 1. The van der Waals surface area contributed by atoms with Crippen LogP contribution < -0.4 is 10.7 Å². The van der Waals surface area contributed by atoms with E-state index in [-0.39, 0.29) is 48.9 Å². The lowest BCUT2D eigenvalue weighted by molar-refractivity contribution is -0.155. The van der Waals surface area contributed by atoms with Gasteiger partial charge in [-0.15, -0.1) is 0 Å². The summed E-state index contributed by atoms with van der Waals surface area (Å²) in [6.45, 7) is 18.2. The number of aryl methyl sites for hydroxylation is 1. The molecular formula is C56H73FN8O7. The fraction of sp³-hybridized carbons (Fsp3) is 0.536. The van der Waals surface area contributed by atoms with E-state index in [0.717, 1.165) is 63.8 Å². The minimum Gasteiger partial charge on any atom is -0.464 e. The van der Waals surface area contributed by atoms with Crippen molar-refractivity contribution in [1.29, 1.82) is 0 Å². The number of benzene rings is 2. The average molecular weight is 989 g/mol. The van der Waals surface area contributed by atoms with Crippen LogP contribution in [0.3, 0.4) is 0 Å². The number of fused-ring (bicyclic) bond motifs is 6. The number of rotatable bonds is 10. The van der Waals surface area contributed by atoms with Gasteiger partial charge in [-0.3, -0.25) is 29.2 Å². The van der Waals surface area contributed by atoms with Crippen molar-refractivity contribution in [2.24, 2.45) is 16.7 Å². The SMILES string of the molecule is C=CC(=O)N1CCC2(CCN(C(=O)N(C)[C@H](C(=O)N[C@H]3Cc4cc(CF)cc(c4)-c4ccc5c(c4)c(c(-c4cccnc4[C@H](C)OC)n5CC)CC(C)(C)COC(=O)[C@@H]4CCCN(N4)C3=O)C(C)C)CC2)C1. The quantitative estimate of drug-likeness (QED) is 0.120. The lowest BCUT2D eigenvalue weighted by Gasteiger charge is -2.42. The van der Waals surface area contributed by atoms with E-state index in [1.807, 2.05) is 49.9 Å². The van der Waals surface area contributed by atoms with Gasteiger partial charge in [0, 0.05) is 87.9 Å². The Hall–Kier alpha value is -6.13. The second kappa shape index (κ2) is 21.5. The molecule has 4 atom stereocenters. The van der Waals surface area contributed by atoms with Gasteiger partial charge in [-0.1, -0.05) is 52.5 Å². The summed E-state index contributed by atoms with van der Waals surface area (Å²) in [6, 6.07) is 12.6. The zero-order valence-corrected chi connectivity index (χ0v) is 43.4. The summed E-state index contributed by atoms with van der Waals surface area (Å²) >= 11 is 0. The highest BCUT2D eigenvalue weighted by atomic mass is 19.1. The number of methoxy groups -OCH3 is 1. The van der Waals surface area contributed by atoms with Crippen molar-refractivity contribution in [2.75, 3.05) is 53.5 Å². The van der Waals surface area contributed by atoms with E-state index < -0.39 is 48.0 Å². The lowest BCUT2D eigenvalue weighted by Crippen LogP contribution is -2.62. The van der Waals surface area contributed by atoms with E-state index in [4.69, 9.17) is 14.5 Å². The summed E-state index contributed by atoms with van der Waals surface area (Å²) in [5.74, 6) is -1.88. The van der Waals surface area contributed by atoms with Crippen LogP contribution in [0.1, 0.15) is 102 Å². The molecule has 6 heterocycles. The number of carbonyl (C=O) groups is 5. The average Bonchev–Trinajstić information content (AvgIpc) is 3.94. The molecule has 2 aromatic heterocycles. The van der Waals surface area contributed by atoms with Gasteiger partial charge in [0.1, 0.15) is 24.8 Å². The Morgan fingerprint density at radius 2 is 1.76 bits per heavy atom. The highest BCUT2D eigenvalue weighted by Gasteiger charge is 2.44. The Balaban J connectivity index is 1.15. The first-order chi connectivity index (χ1) is 34.4. The fourth-order valence-electron chi connectivity index (χ4n) is 11.6. The Kier molecular flexibility index (Phi) is 15.6. The highest BCUT2D eigenvalue weighted by molar-refractivity contribution is 5.96. The normalized spacial score (nSPS) is 21.1. The lowest BCUT2D eigenvalue weighted by atomic mass is 9.78. The van der Waals surface area contributed by atoms with Gasteiger partial charge in [0.25, 0.3) is 5.91 Å². The number of likely N-dealkylation sites (tertiary alicyclic amines) is 2. The number of amides is 5. The van der Waals surface area contributed by atoms with Gasteiger partial charge in [0.2, 0.25) is 11.8 Å². The monoisotopic (exact) mass is 989 g/mol. The number of cyclic esters (lactones) is 1. The number of aromatic nitrogens is 2. The highest BCUT2D eigenvalue weighted by Crippen LogP contribution is 2.43. The first kappa shape index (κ1) is 52.2. The predicted molar refractivity (Wildman–Crippen MR) is 275 cm³/mol. The molecule has 0 saturated carbocycles. The Morgan fingerprint density at radius 1 is 1.03 bits per heavy atom. The second-order valence-corrected chi connectivity index (χ2v) is 21.6. The van der Waals surface area contributed by atoms with Gasteiger partial charge in [-0.25, -0.2) is 14.6 Å². The zero-order valence-electron chi connectivity index (χ0n) is 43.4. The standard InChI is InChI=1S/C56H73FN8O7/c1-10-47(66)63-25-20-56(33-63)18-23-62(24-19-56)54(70)61(8)49(35(3)4)51(67)59-45-29-37-26-38(32-57)28-40(27-37)39-16-17-46-42(30-39)43(50(64(46)11-2)41-14-12-21-58-48(41)36(5)71-9)31-55(6,7)34-72-53(69)44-15-13-22-65(60-44)52(45)68/h10,12,14,16-17,21,26-28,30,35-36,44-45,49,60H,1,11,13,15,18-20,22-25,29,31-34H2,2-9H3,(H,59,67)/t36-,44-,45-,49-/m0/s1. The van der Waals surface area contributed by atoms with E-state index in [0.29, 0.717) is 63.1 Å². The molecule has 4 aliphatic heterocycles. The Labute approximate surface area is 423 Å². The topological polar surface area (TPSA) is 159 Å². The number of hydrazine groups is 1. The van der Waals surface area contributed by atoms with E-state index in [2.05, 4.69) is 60.9 Å². The Bertz CT molecular complexity index is 2710. The number of piperidine rings is 1. The maximum atomic E-state index is 15.0. The van der Waals surface area contributed by atoms with E-state index >= 15 is 4.39 Å². The number of pyridine rings is 1. The molecule has 2 aromatic carbocycles. The third-order valence-electron chi connectivity index (χ3n) is 15.5.